The molecule has 1 amide bonds. The number of carbonyl (C=O) groups is 1. The first-order valence-corrected chi connectivity index (χ1v) is 11.4. The highest BCUT2D eigenvalue weighted by Crippen LogP contribution is 2.26. The Morgan fingerprint density at radius 1 is 1.19 bits per heavy atom. The number of hydrogen-bond acceptors (Lipinski definition) is 8. The van der Waals surface area contributed by atoms with Crippen LogP contribution in [0, 0.1) is 0 Å². The average molecular weight is 475 g/mol. The fourth-order valence-electron chi connectivity index (χ4n) is 3.07. The molecule has 1 atom stereocenters. The minimum Gasteiger partial charge on any atom is -0.482 e. The van der Waals surface area contributed by atoms with Crippen LogP contribution in [-0.2, 0) is 16.1 Å². The van der Waals surface area contributed by atoms with Gasteiger partial charge in [-0.05, 0) is 43.3 Å². The van der Waals surface area contributed by atoms with Gasteiger partial charge in [-0.1, -0.05) is 35.5 Å². The van der Waals surface area contributed by atoms with Gasteiger partial charge in [-0.3, -0.25) is 4.79 Å². The first-order valence-electron chi connectivity index (χ1n) is 10.2. The van der Waals surface area contributed by atoms with Crippen molar-refractivity contribution in [3.05, 3.63) is 59.4 Å². The largest absolute Gasteiger partial charge is 0.482 e. The molecule has 0 spiro atoms. The molecule has 1 unspecified atom stereocenters. The molecule has 0 aliphatic carbocycles. The van der Waals surface area contributed by atoms with Gasteiger partial charge in [0.25, 0.3) is 11.1 Å². The molecule has 8 nitrogen and oxygen atoms in total. The SMILES string of the molecule is CC(Sc1nnc(COc2ccccc2Cl)o1)C(=O)Nc1ccc(N2CCOCC2)cc1. The van der Waals surface area contributed by atoms with Gasteiger partial charge in [0.05, 0.1) is 23.5 Å². The van der Waals surface area contributed by atoms with Gasteiger partial charge in [0, 0.05) is 24.5 Å². The number of hydrogen-bond donors (Lipinski definition) is 1. The third-order valence-electron chi connectivity index (χ3n) is 4.79. The highest BCUT2D eigenvalue weighted by Gasteiger charge is 2.19. The summed E-state index contributed by atoms with van der Waals surface area (Å²) in [4.78, 5) is 14.8. The second kappa shape index (κ2) is 10.7. The van der Waals surface area contributed by atoms with Crippen LogP contribution in [0.5, 0.6) is 5.75 Å². The molecule has 3 aromatic rings. The Hall–Kier alpha value is -2.75. The van der Waals surface area contributed by atoms with Gasteiger partial charge < -0.3 is 24.1 Å². The van der Waals surface area contributed by atoms with Crippen LogP contribution in [0.25, 0.3) is 0 Å². The van der Waals surface area contributed by atoms with Crippen LogP contribution < -0.4 is 15.0 Å². The van der Waals surface area contributed by atoms with E-state index in [0.717, 1.165) is 37.7 Å². The molecule has 1 N–H and O–H groups in total. The van der Waals surface area contributed by atoms with Gasteiger partial charge in [0.2, 0.25) is 5.91 Å². The molecule has 0 bridgehead atoms. The van der Waals surface area contributed by atoms with Crippen molar-refractivity contribution in [1.82, 2.24) is 10.2 Å². The maximum atomic E-state index is 12.6. The van der Waals surface area contributed by atoms with Crippen LogP contribution in [0.4, 0.5) is 11.4 Å². The van der Waals surface area contributed by atoms with Crippen molar-refractivity contribution in [2.75, 3.05) is 36.5 Å². The Morgan fingerprint density at radius 3 is 2.69 bits per heavy atom. The van der Waals surface area contributed by atoms with Crippen molar-refractivity contribution in [3.63, 3.8) is 0 Å². The lowest BCUT2D eigenvalue weighted by Crippen LogP contribution is -2.36. The monoisotopic (exact) mass is 474 g/mol. The number of anilines is 2. The van der Waals surface area contributed by atoms with E-state index in [1.54, 1.807) is 19.1 Å². The Bertz CT molecular complexity index is 1040. The van der Waals surface area contributed by atoms with E-state index < -0.39 is 5.25 Å². The number of carbonyl (C=O) groups excluding carboxylic acids is 1. The molecule has 1 aliphatic heterocycles. The Balaban J connectivity index is 1.27. The van der Waals surface area contributed by atoms with E-state index in [-0.39, 0.29) is 12.5 Å². The van der Waals surface area contributed by atoms with Crippen molar-refractivity contribution in [1.29, 1.82) is 0 Å². The smallest absolute Gasteiger partial charge is 0.277 e. The number of nitrogens with zero attached hydrogens (tertiary/aromatic N) is 3. The third kappa shape index (κ3) is 5.93. The lowest BCUT2D eigenvalue weighted by atomic mass is 10.2. The summed E-state index contributed by atoms with van der Waals surface area (Å²) in [7, 11) is 0. The third-order valence-corrected chi connectivity index (χ3v) is 6.04. The van der Waals surface area contributed by atoms with Crippen LogP contribution >= 0.6 is 23.4 Å². The zero-order chi connectivity index (χ0) is 22.3. The summed E-state index contributed by atoms with van der Waals surface area (Å²) in [5.74, 6) is 0.689. The molecule has 32 heavy (non-hydrogen) atoms. The first kappa shape index (κ1) is 22.4. The summed E-state index contributed by atoms with van der Waals surface area (Å²) in [6.07, 6.45) is 0. The summed E-state index contributed by atoms with van der Waals surface area (Å²) in [6, 6.07) is 14.9. The van der Waals surface area contributed by atoms with E-state index in [4.69, 9.17) is 25.5 Å². The van der Waals surface area contributed by atoms with Crippen LogP contribution in [0.3, 0.4) is 0 Å². The van der Waals surface area contributed by atoms with Crippen molar-refractivity contribution in [2.45, 2.75) is 24.0 Å². The van der Waals surface area contributed by atoms with Gasteiger partial charge in [0.1, 0.15) is 5.75 Å². The Kier molecular flexibility index (Phi) is 7.51. The molecule has 1 aromatic heterocycles. The number of thioether (sulfide) groups is 1. The lowest BCUT2D eigenvalue weighted by Gasteiger charge is -2.28. The molecule has 4 rings (SSSR count). The van der Waals surface area contributed by atoms with E-state index in [1.165, 1.54) is 11.8 Å². The highest BCUT2D eigenvalue weighted by molar-refractivity contribution is 8.00. The number of halogens is 1. The number of aromatic nitrogens is 2. The molecule has 2 heterocycles. The zero-order valence-electron chi connectivity index (χ0n) is 17.5. The Morgan fingerprint density at radius 2 is 1.94 bits per heavy atom. The van der Waals surface area contributed by atoms with E-state index >= 15 is 0 Å². The fraction of sp³-hybridized carbons (Fsp3) is 0.318. The van der Waals surface area contributed by atoms with E-state index in [9.17, 15) is 4.79 Å². The van der Waals surface area contributed by atoms with Gasteiger partial charge in [-0.25, -0.2) is 0 Å². The minimum atomic E-state index is -0.424. The second-order valence-electron chi connectivity index (χ2n) is 7.08. The predicted molar refractivity (Wildman–Crippen MR) is 124 cm³/mol. The molecule has 0 radical (unpaired) electrons. The maximum Gasteiger partial charge on any atom is 0.277 e. The normalized spacial score (nSPS) is 14.8. The fourth-order valence-corrected chi connectivity index (χ4v) is 3.96. The molecule has 2 aromatic carbocycles. The van der Waals surface area contributed by atoms with E-state index in [1.807, 2.05) is 36.4 Å². The molecular weight excluding hydrogens is 452 g/mol. The quantitative estimate of drug-likeness (QED) is 0.484. The second-order valence-corrected chi connectivity index (χ2v) is 8.78. The Labute approximate surface area is 195 Å². The van der Waals surface area contributed by atoms with Crippen molar-refractivity contribution < 1.29 is 18.7 Å². The molecule has 1 saturated heterocycles. The lowest BCUT2D eigenvalue weighted by molar-refractivity contribution is -0.115. The van der Waals surface area contributed by atoms with Gasteiger partial charge in [0.15, 0.2) is 6.61 Å². The molecule has 10 heteroatoms. The summed E-state index contributed by atoms with van der Waals surface area (Å²) in [5.41, 5.74) is 1.85. The number of amides is 1. The molecule has 0 saturated carbocycles. The number of benzene rings is 2. The summed E-state index contributed by atoms with van der Waals surface area (Å²) >= 11 is 7.25. The van der Waals surface area contributed by atoms with E-state index in [2.05, 4.69) is 20.4 Å². The number of rotatable bonds is 8. The van der Waals surface area contributed by atoms with Crippen molar-refractivity contribution in [3.8, 4) is 5.75 Å². The number of ether oxygens (including phenoxy) is 2. The standard InChI is InChI=1S/C22H23ClN4O4S/c1-15(21(28)24-16-6-8-17(9-7-16)27-10-12-29-13-11-27)32-22-26-25-20(31-22)14-30-19-5-3-2-4-18(19)23/h2-9,15H,10-14H2,1H3,(H,24,28). The molecule has 168 valence electrons. The summed E-state index contributed by atoms with van der Waals surface area (Å²) < 4.78 is 16.6. The maximum absolute atomic E-state index is 12.6. The number of morpholine rings is 1. The van der Waals surface area contributed by atoms with Crippen LogP contribution in [0.2, 0.25) is 5.02 Å². The predicted octanol–water partition coefficient (Wildman–Crippen LogP) is 4.26. The first-order chi connectivity index (χ1) is 15.6. The summed E-state index contributed by atoms with van der Waals surface area (Å²) in [6.45, 7) is 5.08. The molecule has 1 fully saturated rings. The minimum absolute atomic E-state index is 0.0906. The number of nitrogens with one attached hydrogen (secondary N) is 1. The molecule has 1 aliphatic rings. The van der Waals surface area contributed by atoms with Gasteiger partial charge in [-0.2, -0.15) is 0 Å². The number of para-hydroxylation sites is 1. The topological polar surface area (TPSA) is 89.7 Å². The highest BCUT2D eigenvalue weighted by atomic mass is 35.5. The summed E-state index contributed by atoms with van der Waals surface area (Å²) in [5, 5.41) is 11.2. The van der Waals surface area contributed by atoms with Crippen molar-refractivity contribution in [2.24, 2.45) is 0 Å². The van der Waals surface area contributed by atoms with Gasteiger partial charge in [-0.15, -0.1) is 10.2 Å². The van der Waals surface area contributed by atoms with E-state index in [0.29, 0.717) is 21.9 Å². The van der Waals surface area contributed by atoms with Crippen LogP contribution in [-0.4, -0.2) is 47.7 Å². The molecular formula is C22H23ClN4O4S. The van der Waals surface area contributed by atoms with Crippen LogP contribution in [0.1, 0.15) is 12.8 Å². The van der Waals surface area contributed by atoms with Crippen molar-refractivity contribution >= 4 is 40.6 Å². The average Bonchev–Trinajstić information content (AvgIpc) is 3.27. The van der Waals surface area contributed by atoms with Gasteiger partial charge >= 0.3 is 0 Å². The zero-order valence-corrected chi connectivity index (χ0v) is 19.1. The van der Waals surface area contributed by atoms with Crippen LogP contribution in [0.15, 0.2) is 58.2 Å².